The lowest BCUT2D eigenvalue weighted by molar-refractivity contribution is 0.619. The molecule has 1 aromatic heterocycles. The lowest BCUT2D eigenvalue weighted by Crippen LogP contribution is -1.90. The topological polar surface area (TPSA) is 78.1 Å². The van der Waals surface area contributed by atoms with Gasteiger partial charge in [-0.25, -0.2) is 4.98 Å². The molecule has 4 heteroatoms. The number of fused-ring (bicyclic) bond motifs is 1. The number of nitrogen functional groups attached to an aromatic ring is 2. The molecule has 0 fully saturated rings. The number of nitrogens with two attached hydrogens (primary N) is 2. The fourth-order valence-corrected chi connectivity index (χ4v) is 2.18. The Labute approximate surface area is 111 Å². The number of aromatic nitrogens is 1. The van der Waals surface area contributed by atoms with E-state index in [0.717, 1.165) is 39.2 Å². The predicted molar refractivity (Wildman–Crippen MR) is 77.7 cm³/mol. The Balaban J connectivity index is 2.23. The molecule has 0 radical (unpaired) electrons. The van der Waals surface area contributed by atoms with Crippen molar-refractivity contribution < 1.29 is 4.42 Å². The second kappa shape index (κ2) is 4.02. The summed E-state index contributed by atoms with van der Waals surface area (Å²) in [6, 6.07) is 9.36. The molecule has 4 nitrogen and oxygen atoms in total. The first-order chi connectivity index (χ1) is 9.06. The zero-order valence-corrected chi connectivity index (χ0v) is 10.9. The molecule has 0 aliphatic carbocycles. The Bertz CT molecular complexity index is 774. The van der Waals surface area contributed by atoms with E-state index in [1.54, 1.807) is 0 Å². The van der Waals surface area contributed by atoms with Crippen LogP contribution in [0.15, 0.2) is 34.7 Å². The minimum atomic E-state index is 0.598. The molecule has 0 aliphatic rings. The van der Waals surface area contributed by atoms with Crippen LogP contribution in [0, 0.1) is 13.8 Å². The van der Waals surface area contributed by atoms with E-state index in [0.29, 0.717) is 5.89 Å². The Morgan fingerprint density at radius 2 is 1.84 bits per heavy atom. The van der Waals surface area contributed by atoms with Crippen molar-refractivity contribution in [2.75, 3.05) is 11.5 Å². The van der Waals surface area contributed by atoms with E-state index in [4.69, 9.17) is 15.9 Å². The average Bonchev–Trinajstić information content (AvgIpc) is 2.78. The first kappa shape index (κ1) is 11.6. The molecule has 0 bridgehead atoms. The number of hydrogen-bond acceptors (Lipinski definition) is 4. The summed E-state index contributed by atoms with van der Waals surface area (Å²) in [5.74, 6) is 0.598. The van der Waals surface area contributed by atoms with Crippen molar-refractivity contribution in [1.29, 1.82) is 0 Å². The van der Waals surface area contributed by atoms with Crippen LogP contribution in [0.2, 0.25) is 0 Å². The van der Waals surface area contributed by atoms with Gasteiger partial charge in [-0.2, -0.15) is 0 Å². The highest BCUT2D eigenvalue weighted by atomic mass is 16.3. The molecule has 0 atom stereocenters. The van der Waals surface area contributed by atoms with Gasteiger partial charge in [-0.3, -0.25) is 0 Å². The molecule has 0 saturated carbocycles. The molecule has 3 rings (SSSR count). The van der Waals surface area contributed by atoms with Crippen molar-refractivity contribution in [3.8, 4) is 11.5 Å². The molecule has 1 heterocycles. The molecule has 0 amide bonds. The summed E-state index contributed by atoms with van der Waals surface area (Å²) in [6.07, 6.45) is 0. The van der Waals surface area contributed by atoms with Crippen LogP contribution in [-0.2, 0) is 0 Å². The fraction of sp³-hybridized carbons (Fsp3) is 0.133. The molecular weight excluding hydrogens is 238 g/mol. The van der Waals surface area contributed by atoms with Crippen molar-refractivity contribution in [2.24, 2.45) is 0 Å². The number of hydrogen-bond donors (Lipinski definition) is 2. The highest BCUT2D eigenvalue weighted by molar-refractivity contribution is 5.84. The van der Waals surface area contributed by atoms with Crippen LogP contribution in [0.1, 0.15) is 11.1 Å². The van der Waals surface area contributed by atoms with E-state index >= 15 is 0 Å². The highest BCUT2D eigenvalue weighted by Crippen LogP contribution is 2.30. The third-order valence-electron chi connectivity index (χ3n) is 3.34. The maximum absolute atomic E-state index is 5.89. The zero-order chi connectivity index (χ0) is 13.6. The van der Waals surface area contributed by atoms with Crippen molar-refractivity contribution in [3.05, 3.63) is 41.5 Å². The summed E-state index contributed by atoms with van der Waals surface area (Å²) >= 11 is 0. The van der Waals surface area contributed by atoms with E-state index in [1.165, 1.54) is 0 Å². The third-order valence-corrected chi connectivity index (χ3v) is 3.34. The average molecular weight is 253 g/mol. The molecule has 4 N–H and O–H groups in total. The van der Waals surface area contributed by atoms with Gasteiger partial charge >= 0.3 is 0 Å². The highest BCUT2D eigenvalue weighted by Gasteiger charge is 2.13. The maximum Gasteiger partial charge on any atom is 0.227 e. The van der Waals surface area contributed by atoms with Crippen LogP contribution >= 0.6 is 0 Å². The third kappa shape index (κ3) is 1.81. The summed E-state index contributed by atoms with van der Waals surface area (Å²) in [5.41, 5.74) is 17.6. The van der Waals surface area contributed by atoms with Gasteiger partial charge in [0.25, 0.3) is 0 Å². The maximum atomic E-state index is 5.89. The van der Waals surface area contributed by atoms with Crippen molar-refractivity contribution in [2.45, 2.75) is 13.8 Å². The van der Waals surface area contributed by atoms with Gasteiger partial charge in [-0.05, 0) is 49.7 Å². The first-order valence-corrected chi connectivity index (χ1v) is 6.08. The minimum absolute atomic E-state index is 0.598. The largest absolute Gasteiger partial charge is 0.436 e. The van der Waals surface area contributed by atoms with E-state index in [1.807, 2.05) is 44.2 Å². The van der Waals surface area contributed by atoms with Gasteiger partial charge in [-0.15, -0.1) is 0 Å². The van der Waals surface area contributed by atoms with Gasteiger partial charge < -0.3 is 15.9 Å². The number of benzene rings is 2. The number of anilines is 2. The summed E-state index contributed by atoms with van der Waals surface area (Å²) < 4.78 is 5.80. The van der Waals surface area contributed by atoms with Crippen LogP contribution in [0.4, 0.5) is 11.4 Å². The lowest BCUT2D eigenvalue weighted by atomic mass is 10.1. The van der Waals surface area contributed by atoms with Crippen LogP contribution in [-0.4, -0.2) is 4.98 Å². The summed E-state index contributed by atoms with van der Waals surface area (Å²) in [6.45, 7) is 3.93. The minimum Gasteiger partial charge on any atom is -0.436 e. The quantitative estimate of drug-likeness (QED) is 0.652. The second-order valence-electron chi connectivity index (χ2n) is 4.72. The predicted octanol–water partition coefficient (Wildman–Crippen LogP) is 3.28. The van der Waals surface area contributed by atoms with Crippen LogP contribution in [0.5, 0.6) is 0 Å². The van der Waals surface area contributed by atoms with E-state index in [9.17, 15) is 0 Å². The van der Waals surface area contributed by atoms with Gasteiger partial charge in [0.05, 0.1) is 0 Å². The number of nitrogens with zero attached hydrogens (tertiary/aromatic N) is 1. The standard InChI is InChI=1S/C15H15N3O/c1-8-7-10(16)3-4-11(8)15-18-14-9(2)12(17)5-6-13(14)19-15/h3-7H,16-17H2,1-2H3. The molecule has 0 spiro atoms. The zero-order valence-electron chi connectivity index (χ0n) is 10.9. The monoisotopic (exact) mass is 253 g/mol. The number of aryl methyl sites for hydroxylation is 2. The molecule has 96 valence electrons. The molecule has 19 heavy (non-hydrogen) atoms. The Morgan fingerprint density at radius 1 is 1.05 bits per heavy atom. The van der Waals surface area contributed by atoms with E-state index in [-0.39, 0.29) is 0 Å². The second-order valence-corrected chi connectivity index (χ2v) is 4.72. The van der Waals surface area contributed by atoms with Gasteiger partial charge in [0, 0.05) is 22.5 Å². The van der Waals surface area contributed by atoms with Crippen LogP contribution in [0.25, 0.3) is 22.6 Å². The van der Waals surface area contributed by atoms with E-state index < -0.39 is 0 Å². The van der Waals surface area contributed by atoms with Crippen molar-refractivity contribution >= 4 is 22.5 Å². The molecule has 3 aromatic rings. The first-order valence-electron chi connectivity index (χ1n) is 6.08. The molecule has 0 aliphatic heterocycles. The molecule has 2 aromatic carbocycles. The number of oxazole rings is 1. The van der Waals surface area contributed by atoms with E-state index in [2.05, 4.69) is 4.98 Å². The smallest absolute Gasteiger partial charge is 0.227 e. The lowest BCUT2D eigenvalue weighted by Gasteiger charge is -2.01. The Kier molecular flexibility index (Phi) is 2.45. The Morgan fingerprint density at radius 3 is 2.58 bits per heavy atom. The summed E-state index contributed by atoms with van der Waals surface area (Å²) in [4.78, 5) is 4.55. The fourth-order valence-electron chi connectivity index (χ4n) is 2.18. The van der Waals surface area contributed by atoms with Crippen molar-refractivity contribution in [3.63, 3.8) is 0 Å². The van der Waals surface area contributed by atoms with Gasteiger partial charge in [0.1, 0.15) is 5.52 Å². The Hall–Kier alpha value is -2.49. The SMILES string of the molecule is Cc1cc(N)ccc1-c1nc2c(C)c(N)ccc2o1. The molecular formula is C15H15N3O. The van der Waals surface area contributed by atoms with Crippen molar-refractivity contribution in [1.82, 2.24) is 4.98 Å². The molecule has 0 unspecified atom stereocenters. The number of rotatable bonds is 1. The van der Waals surface area contributed by atoms with Gasteiger partial charge in [-0.1, -0.05) is 0 Å². The van der Waals surface area contributed by atoms with Crippen LogP contribution < -0.4 is 11.5 Å². The molecule has 0 saturated heterocycles. The van der Waals surface area contributed by atoms with Crippen LogP contribution in [0.3, 0.4) is 0 Å². The van der Waals surface area contributed by atoms with Gasteiger partial charge in [0.15, 0.2) is 5.58 Å². The summed E-state index contributed by atoms with van der Waals surface area (Å²) in [7, 11) is 0. The normalized spacial score (nSPS) is 11.1. The van der Waals surface area contributed by atoms with Gasteiger partial charge in [0.2, 0.25) is 5.89 Å². The summed E-state index contributed by atoms with van der Waals surface area (Å²) in [5, 5.41) is 0.